The molecule has 1 heteroatoms. The molecule has 38 heavy (non-hydrogen) atoms. The maximum Gasteiger partial charge on any atom is 0.0712 e. The molecule has 1 heterocycles. The lowest BCUT2D eigenvalue weighted by molar-refractivity contribution is 1.29. The molecule has 1 nitrogen and oxygen atoms in total. The Bertz CT molecular complexity index is 1830. The van der Waals surface area contributed by atoms with E-state index in [1.807, 2.05) is 12.1 Å². The molecule has 0 aliphatic rings. The molecule has 0 aliphatic carbocycles. The molecule has 0 saturated carbocycles. The van der Waals surface area contributed by atoms with Gasteiger partial charge in [-0.2, -0.15) is 0 Å². The van der Waals surface area contributed by atoms with Gasteiger partial charge in [-0.3, -0.25) is 0 Å². The van der Waals surface area contributed by atoms with E-state index in [1.54, 1.807) is 0 Å². The number of nitrogens with zero attached hydrogens (tertiary/aromatic N) is 1. The summed E-state index contributed by atoms with van der Waals surface area (Å²) in [5.41, 5.74) is 10.2. The Kier molecular flexibility index (Phi) is 6.19. The zero-order valence-electron chi connectivity index (χ0n) is 21.8. The second kappa shape index (κ2) is 9.95. The van der Waals surface area contributed by atoms with Crippen LogP contribution in [0.15, 0.2) is 134 Å². The average Bonchev–Trinajstić information content (AvgIpc) is 2.97. The van der Waals surface area contributed by atoms with Gasteiger partial charge in [0.05, 0.1) is 11.4 Å². The van der Waals surface area contributed by atoms with Crippen LogP contribution in [0.3, 0.4) is 0 Å². The second-order valence-corrected chi connectivity index (χ2v) is 9.65. The molecule has 1 aromatic heterocycles. The maximum atomic E-state index is 5.10. The van der Waals surface area contributed by atoms with Crippen molar-refractivity contribution in [2.75, 3.05) is 0 Å². The van der Waals surface area contributed by atoms with Gasteiger partial charge in [0, 0.05) is 11.1 Å². The van der Waals surface area contributed by atoms with E-state index in [1.165, 1.54) is 43.8 Å². The van der Waals surface area contributed by atoms with Gasteiger partial charge in [-0.25, -0.2) is 4.98 Å². The molecule has 0 saturated heterocycles. The molecule has 0 amide bonds. The Morgan fingerprint density at radius 1 is 0.605 bits per heavy atom. The van der Waals surface area contributed by atoms with Gasteiger partial charge in [-0.1, -0.05) is 116 Å². The summed E-state index contributed by atoms with van der Waals surface area (Å²) in [4.78, 5) is 5.10. The highest BCUT2D eigenvalue weighted by atomic mass is 14.7. The van der Waals surface area contributed by atoms with Crippen molar-refractivity contribution in [3.8, 4) is 33.6 Å². The van der Waals surface area contributed by atoms with Crippen LogP contribution in [0.2, 0.25) is 0 Å². The number of allylic oxidation sites excluding steroid dienone is 3. The maximum absolute atomic E-state index is 5.10. The number of aromatic nitrogens is 1. The van der Waals surface area contributed by atoms with E-state index in [2.05, 4.69) is 136 Å². The van der Waals surface area contributed by atoms with Crippen molar-refractivity contribution in [1.29, 1.82) is 0 Å². The third-order valence-corrected chi connectivity index (χ3v) is 7.24. The molecule has 0 radical (unpaired) electrons. The van der Waals surface area contributed by atoms with Crippen molar-refractivity contribution in [3.05, 3.63) is 145 Å². The quantitative estimate of drug-likeness (QED) is 0.174. The summed E-state index contributed by atoms with van der Waals surface area (Å²) < 4.78 is 0. The molecule has 0 spiro atoms. The SMILES string of the molecule is C=C/C(=C\C)c1c2ccccc2c(-c2ccccc2)c2ccc(-c3cc(C)cc(-c4ccccc4)n3)cc12. The summed E-state index contributed by atoms with van der Waals surface area (Å²) in [6.07, 6.45) is 4.12. The molecule has 6 rings (SSSR count). The Morgan fingerprint density at radius 2 is 1.18 bits per heavy atom. The normalized spacial score (nSPS) is 11.7. The van der Waals surface area contributed by atoms with Gasteiger partial charge in [0.1, 0.15) is 0 Å². The van der Waals surface area contributed by atoms with Crippen molar-refractivity contribution in [1.82, 2.24) is 4.98 Å². The minimum atomic E-state index is 0.978. The summed E-state index contributed by atoms with van der Waals surface area (Å²) in [7, 11) is 0. The number of fused-ring (bicyclic) bond motifs is 2. The van der Waals surface area contributed by atoms with E-state index >= 15 is 0 Å². The van der Waals surface area contributed by atoms with E-state index in [0.29, 0.717) is 0 Å². The molecule has 0 unspecified atom stereocenters. The minimum Gasteiger partial charge on any atom is -0.248 e. The highest BCUT2D eigenvalue weighted by Gasteiger charge is 2.17. The van der Waals surface area contributed by atoms with Crippen molar-refractivity contribution in [2.45, 2.75) is 13.8 Å². The van der Waals surface area contributed by atoms with Gasteiger partial charge in [0.25, 0.3) is 0 Å². The molecular formula is C37H29N. The first kappa shape index (κ1) is 23.6. The van der Waals surface area contributed by atoms with Gasteiger partial charge in [0.2, 0.25) is 0 Å². The van der Waals surface area contributed by atoms with Crippen LogP contribution in [0.25, 0.3) is 60.8 Å². The van der Waals surface area contributed by atoms with Crippen molar-refractivity contribution in [2.24, 2.45) is 0 Å². The van der Waals surface area contributed by atoms with Crippen LogP contribution in [0, 0.1) is 6.92 Å². The summed E-state index contributed by atoms with van der Waals surface area (Å²) in [5.74, 6) is 0. The van der Waals surface area contributed by atoms with Crippen molar-refractivity contribution >= 4 is 27.1 Å². The predicted octanol–water partition coefficient (Wildman–Crippen LogP) is 10.3. The number of aryl methyl sites for hydroxylation is 1. The monoisotopic (exact) mass is 487 g/mol. The highest BCUT2D eigenvalue weighted by Crippen LogP contribution is 2.43. The van der Waals surface area contributed by atoms with Crippen LogP contribution in [-0.4, -0.2) is 4.98 Å². The molecular weight excluding hydrogens is 458 g/mol. The molecule has 6 aromatic rings. The molecule has 0 fully saturated rings. The number of hydrogen-bond acceptors (Lipinski definition) is 1. The summed E-state index contributed by atoms with van der Waals surface area (Å²) in [6.45, 7) is 8.38. The van der Waals surface area contributed by atoms with Crippen LogP contribution in [0.5, 0.6) is 0 Å². The van der Waals surface area contributed by atoms with Crippen molar-refractivity contribution < 1.29 is 0 Å². The second-order valence-electron chi connectivity index (χ2n) is 9.65. The Labute approximate surface area is 224 Å². The van der Waals surface area contributed by atoms with Crippen LogP contribution >= 0.6 is 0 Å². The molecule has 0 atom stereocenters. The number of pyridine rings is 1. The lowest BCUT2D eigenvalue weighted by atomic mass is 9.85. The van der Waals surface area contributed by atoms with Gasteiger partial charge < -0.3 is 0 Å². The number of rotatable bonds is 5. The lowest BCUT2D eigenvalue weighted by Gasteiger charge is -2.19. The summed E-state index contributed by atoms with van der Waals surface area (Å²) >= 11 is 0. The van der Waals surface area contributed by atoms with E-state index in [-0.39, 0.29) is 0 Å². The number of benzene rings is 5. The first-order valence-corrected chi connectivity index (χ1v) is 13.1. The first-order valence-electron chi connectivity index (χ1n) is 13.1. The van der Waals surface area contributed by atoms with Gasteiger partial charge in [-0.05, 0) is 81.4 Å². The zero-order chi connectivity index (χ0) is 26.1. The molecule has 5 aromatic carbocycles. The minimum absolute atomic E-state index is 0.978. The Morgan fingerprint density at radius 3 is 1.84 bits per heavy atom. The topological polar surface area (TPSA) is 12.9 Å². The average molecular weight is 488 g/mol. The van der Waals surface area contributed by atoms with Crippen LogP contribution in [0.4, 0.5) is 0 Å². The van der Waals surface area contributed by atoms with E-state index in [4.69, 9.17) is 4.98 Å². The molecule has 182 valence electrons. The van der Waals surface area contributed by atoms with Gasteiger partial charge >= 0.3 is 0 Å². The predicted molar refractivity (Wildman–Crippen MR) is 164 cm³/mol. The fraction of sp³-hybridized carbons (Fsp3) is 0.0541. The molecule has 0 bridgehead atoms. The van der Waals surface area contributed by atoms with E-state index in [9.17, 15) is 0 Å². The standard InChI is InChI=1S/C37H29N/c1-4-26(5-2)36-30-18-12-13-19-31(30)37(28-16-10-7-11-17-28)32-21-20-29(24-33(32)36)35-23-25(3)22-34(38-35)27-14-8-6-9-15-27/h4-24H,1H2,2-3H3/b26-5+. The number of hydrogen-bond donors (Lipinski definition) is 0. The van der Waals surface area contributed by atoms with Crippen LogP contribution in [-0.2, 0) is 0 Å². The van der Waals surface area contributed by atoms with Crippen LogP contribution < -0.4 is 0 Å². The van der Waals surface area contributed by atoms with Gasteiger partial charge in [0.15, 0.2) is 0 Å². The molecule has 0 N–H and O–H groups in total. The first-order chi connectivity index (χ1) is 18.7. The largest absolute Gasteiger partial charge is 0.248 e. The fourth-order valence-electron chi connectivity index (χ4n) is 5.50. The third kappa shape index (κ3) is 4.13. The Balaban J connectivity index is 1.69. The summed E-state index contributed by atoms with van der Waals surface area (Å²) in [6, 6.07) is 40.9. The zero-order valence-corrected chi connectivity index (χ0v) is 21.8. The highest BCUT2D eigenvalue weighted by molar-refractivity contribution is 6.19. The van der Waals surface area contributed by atoms with Crippen LogP contribution in [0.1, 0.15) is 18.1 Å². The lowest BCUT2D eigenvalue weighted by Crippen LogP contribution is -1.95. The molecule has 0 aliphatic heterocycles. The van der Waals surface area contributed by atoms with Gasteiger partial charge in [-0.15, -0.1) is 0 Å². The summed E-state index contributed by atoms with van der Waals surface area (Å²) in [5, 5.41) is 4.91. The van der Waals surface area contributed by atoms with E-state index < -0.39 is 0 Å². The Hall–Kier alpha value is -4.75. The fourth-order valence-corrected chi connectivity index (χ4v) is 5.50. The van der Waals surface area contributed by atoms with Crippen molar-refractivity contribution in [3.63, 3.8) is 0 Å². The smallest absolute Gasteiger partial charge is 0.0712 e. The third-order valence-electron chi connectivity index (χ3n) is 7.24. The van der Waals surface area contributed by atoms with E-state index in [0.717, 1.165) is 28.1 Å².